The Labute approximate surface area is 205 Å². The highest BCUT2D eigenvalue weighted by atomic mass is 32.2. The predicted molar refractivity (Wildman–Crippen MR) is 129 cm³/mol. The second-order valence-corrected chi connectivity index (χ2v) is 11.3. The maximum Gasteiger partial charge on any atom is 0.246 e. The number of hydrogen-bond acceptors (Lipinski definition) is 5. The Kier molecular flexibility index (Phi) is 7.27. The van der Waals surface area contributed by atoms with Gasteiger partial charge in [-0.05, 0) is 64.2 Å². The van der Waals surface area contributed by atoms with Gasteiger partial charge in [0, 0.05) is 37.8 Å². The lowest BCUT2D eigenvalue weighted by Gasteiger charge is -2.30. The molecule has 0 radical (unpaired) electrons. The van der Waals surface area contributed by atoms with Crippen LogP contribution in [0.1, 0.15) is 42.6 Å². The summed E-state index contributed by atoms with van der Waals surface area (Å²) in [5, 5.41) is 7.09. The first-order valence-corrected chi connectivity index (χ1v) is 13.4. The second kappa shape index (κ2) is 10.1. The summed E-state index contributed by atoms with van der Waals surface area (Å²) in [6.07, 6.45) is 2.69. The van der Waals surface area contributed by atoms with Gasteiger partial charge in [-0.25, -0.2) is 12.8 Å². The lowest BCUT2D eigenvalue weighted by Crippen LogP contribution is -2.41. The van der Waals surface area contributed by atoms with Gasteiger partial charge < -0.3 is 10.2 Å². The molecule has 0 atom stereocenters. The number of aromatic nitrogens is 2. The quantitative estimate of drug-likeness (QED) is 0.650. The van der Waals surface area contributed by atoms with Crippen molar-refractivity contribution in [1.29, 1.82) is 0 Å². The fourth-order valence-electron chi connectivity index (χ4n) is 4.80. The molecular formula is C24H32FN5O4S. The number of halogens is 1. The number of aryl methyl sites for hydroxylation is 2. The van der Waals surface area contributed by atoms with Gasteiger partial charge >= 0.3 is 0 Å². The summed E-state index contributed by atoms with van der Waals surface area (Å²) in [5.74, 6) is -1.06. The fourth-order valence-corrected chi connectivity index (χ4v) is 6.65. The number of hydrogen-bond donors (Lipinski definition) is 1. The van der Waals surface area contributed by atoms with Crippen LogP contribution >= 0.6 is 0 Å². The molecule has 2 aromatic rings. The molecule has 2 aliphatic heterocycles. The minimum absolute atomic E-state index is 0.0179. The Morgan fingerprint density at radius 3 is 2.37 bits per heavy atom. The molecule has 2 aliphatic rings. The molecule has 0 unspecified atom stereocenters. The van der Waals surface area contributed by atoms with Gasteiger partial charge in [0.25, 0.3) is 0 Å². The molecule has 1 aromatic carbocycles. The number of likely N-dealkylation sites (tertiary alicyclic amines) is 1. The summed E-state index contributed by atoms with van der Waals surface area (Å²) in [6, 6.07) is 4.53. The van der Waals surface area contributed by atoms with Crippen LogP contribution in [-0.2, 0) is 26.2 Å². The van der Waals surface area contributed by atoms with Crippen LogP contribution in [0.3, 0.4) is 0 Å². The number of carbonyl (C=O) groups is 2. The Morgan fingerprint density at radius 2 is 1.74 bits per heavy atom. The van der Waals surface area contributed by atoms with Gasteiger partial charge in [-0.3, -0.25) is 14.3 Å². The van der Waals surface area contributed by atoms with Crippen LogP contribution < -0.4 is 5.32 Å². The van der Waals surface area contributed by atoms with E-state index in [4.69, 9.17) is 0 Å². The third-order valence-electron chi connectivity index (χ3n) is 6.92. The van der Waals surface area contributed by atoms with Crippen molar-refractivity contribution in [2.24, 2.45) is 5.92 Å². The Hall–Kier alpha value is -2.79. The summed E-state index contributed by atoms with van der Waals surface area (Å²) in [6.45, 7) is 6.82. The van der Waals surface area contributed by atoms with Gasteiger partial charge in [0.2, 0.25) is 21.8 Å². The van der Waals surface area contributed by atoms with Gasteiger partial charge in [-0.1, -0.05) is 6.07 Å². The molecule has 190 valence electrons. The third-order valence-corrected chi connectivity index (χ3v) is 9.07. The Bertz CT molecular complexity index is 1230. The number of piperidine rings is 1. The van der Waals surface area contributed by atoms with Crippen LogP contribution in [0, 0.1) is 32.5 Å². The highest BCUT2D eigenvalue weighted by Crippen LogP contribution is 2.29. The SMILES string of the molecule is Cc1ccc(NC(=O)C2CCN(S(=O)(=O)c3c(C)nn(CC(=O)N4CCCC4)c3C)CC2)cc1F. The Morgan fingerprint density at radius 1 is 1.09 bits per heavy atom. The first-order valence-electron chi connectivity index (χ1n) is 12.0. The van der Waals surface area contributed by atoms with Gasteiger partial charge in [0.05, 0.1) is 11.4 Å². The van der Waals surface area contributed by atoms with Crippen LogP contribution in [0.5, 0.6) is 0 Å². The van der Waals surface area contributed by atoms with E-state index in [0.29, 0.717) is 35.5 Å². The van der Waals surface area contributed by atoms with E-state index in [9.17, 15) is 22.4 Å². The van der Waals surface area contributed by atoms with Gasteiger partial charge in [-0.15, -0.1) is 0 Å². The molecule has 4 rings (SSSR count). The molecule has 3 heterocycles. The van der Waals surface area contributed by atoms with Crippen molar-refractivity contribution in [3.63, 3.8) is 0 Å². The van der Waals surface area contributed by atoms with Gasteiger partial charge in [0.15, 0.2) is 0 Å². The highest BCUT2D eigenvalue weighted by molar-refractivity contribution is 7.89. The van der Waals surface area contributed by atoms with E-state index in [1.165, 1.54) is 15.1 Å². The number of amides is 2. The van der Waals surface area contributed by atoms with Crippen molar-refractivity contribution < 1.29 is 22.4 Å². The van der Waals surface area contributed by atoms with E-state index < -0.39 is 15.8 Å². The summed E-state index contributed by atoms with van der Waals surface area (Å²) in [7, 11) is -3.83. The molecule has 9 nitrogen and oxygen atoms in total. The van der Waals surface area contributed by atoms with Gasteiger partial charge in [-0.2, -0.15) is 9.40 Å². The van der Waals surface area contributed by atoms with Crippen LogP contribution in [0.25, 0.3) is 0 Å². The zero-order valence-electron chi connectivity index (χ0n) is 20.4. The molecular weight excluding hydrogens is 473 g/mol. The second-order valence-electron chi connectivity index (χ2n) is 9.38. The molecule has 11 heteroatoms. The Balaban J connectivity index is 1.41. The number of anilines is 1. The molecule has 0 spiro atoms. The number of carbonyl (C=O) groups excluding carboxylic acids is 2. The number of nitrogens with one attached hydrogen (secondary N) is 1. The van der Waals surface area contributed by atoms with Crippen LogP contribution in [0.2, 0.25) is 0 Å². The zero-order chi connectivity index (χ0) is 25.3. The van der Waals surface area contributed by atoms with E-state index in [-0.39, 0.29) is 42.3 Å². The minimum atomic E-state index is -3.83. The first kappa shape index (κ1) is 25.3. The van der Waals surface area contributed by atoms with Crippen molar-refractivity contribution in [1.82, 2.24) is 19.0 Å². The maximum atomic E-state index is 13.8. The average Bonchev–Trinajstić information content (AvgIpc) is 3.45. The van der Waals surface area contributed by atoms with Gasteiger partial charge in [0.1, 0.15) is 17.3 Å². The molecule has 1 N–H and O–H groups in total. The number of nitrogens with zero attached hydrogens (tertiary/aromatic N) is 4. The summed E-state index contributed by atoms with van der Waals surface area (Å²) in [5.41, 5.74) is 1.68. The average molecular weight is 506 g/mol. The smallest absolute Gasteiger partial charge is 0.246 e. The zero-order valence-corrected chi connectivity index (χ0v) is 21.2. The minimum Gasteiger partial charge on any atom is -0.341 e. The molecule has 0 bridgehead atoms. The monoisotopic (exact) mass is 505 g/mol. The van der Waals surface area contributed by atoms with Crippen molar-refractivity contribution in [2.75, 3.05) is 31.5 Å². The molecule has 1 aromatic heterocycles. The lowest BCUT2D eigenvalue weighted by atomic mass is 9.97. The molecule has 2 saturated heterocycles. The summed E-state index contributed by atoms with van der Waals surface area (Å²) < 4.78 is 43.5. The van der Waals surface area contributed by atoms with Crippen molar-refractivity contribution >= 4 is 27.5 Å². The topological polar surface area (TPSA) is 105 Å². The van der Waals surface area contributed by atoms with E-state index in [1.807, 2.05) is 0 Å². The third kappa shape index (κ3) is 5.25. The van der Waals surface area contributed by atoms with E-state index in [0.717, 1.165) is 25.9 Å². The van der Waals surface area contributed by atoms with E-state index >= 15 is 0 Å². The maximum absolute atomic E-state index is 13.8. The summed E-state index contributed by atoms with van der Waals surface area (Å²) in [4.78, 5) is 27.1. The number of sulfonamides is 1. The van der Waals surface area contributed by atoms with Crippen molar-refractivity contribution in [2.45, 2.75) is 57.9 Å². The summed E-state index contributed by atoms with van der Waals surface area (Å²) >= 11 is 0. The van der Waals surface area contributed by atoms with Crippen molar-refractivity contribution in [3.05, 3.63) is 41.0 Å². The molecule has 0 saturated carbocycles. The first-order chi connectivity index (χ1) is 16.6. The van der Waals surface area contributed by atoms with E-state index in [2.05, 4.69) is 10.4 Å². The molecule has 2 fully saturated rings. The van der Waals surface area contributed by atoms with Crippen LogP contribution in [0.4, 0.5) is 10.1 Å². The standard InChI is InChI=1S/C24H32FN5O4S/c1-16-6-7-20(14-21(16)25)26-24(32)19-8-12-29(13-9-19)35(33,34)23-17(2)27-30(18(23)3)15-22(31)28-10-4-5-11-28/h6-7,14,19H,4-5,8-13,15H2,1-3H3,(H,26,32). The van der Waals surface area contributed by atoms with E-state index in [1.54, 1.807) is 37.8 Å². The molecule has 2 amide bonds. The predicted octanol–water partition coefficient (Wildman–Crippen LogP) is 2.61. The van der Waals surface area contributed by atoms with Crippen molar-refractivity contribution in [3.8, 4) is 0 Å². The van der Waals surface area contributed by atoms with Crippen LogP contribution in [0.15, 0.2) is 23.1 Å². The largest absolute Gasteiger partial charge is 0.341 e. The highest BCUT2D eigenvalue weighted by Gasteiger charge is 2.36. The molecule has 0 aliphatic carbocycles. The van der Waals surface area contributed by atoms with Crippen LogP contribution in [-0.4, -0.2) is 65.4 Å². The normalized spacial score (nSPS) is 17.7. The number of benzene rings is 1. The lowest BCUT2D eigenvalue weighted by molar-refractivity contribution is -0.131. The fraction of sp³-hybridized carbons (Fsp3) is 0.542. The number of rotatable bonds is 6. The molecule has 35 heavy (non-hydrogen) atoms.